The molecule has 0 atom stereocenters. The minimum atomic E-state index is 0.764. The Balaban J connectivity index is 1.33. The standard InChI is InChI=1S/C42H24N6O2/c1-5-13-33-27(9-1)39-29-11-3-7-15-37(29)49-41(39)47(33)35-17-32(26-21-45-24-46-22-26)36(18-31(35)25-19-43-23-44-20-25)48-34-14-6-2-10-28(34)40-30-12-4-8-16-38(30)50-42(40)48/h1-24H. The largest absolute Gasteiger partial charge is 0.439 e. The van der Waals surface area contributed by atoms with E-state index in [1.54, 1.807) is 12.7 Å². The van der Waals surface area contributed by atoms with Gasteiger partial charge < -0.3 is 8.83 Å². The number of para-hydroxylation sites is 4. The molecular weight excluding hydrogens is 621 g/mol. The second-order valence-electron chi connectivity index (χ2n) is 12.4. The Hall–Kier alpha value is -7.06. The van der Waals surface area contributed by atoms with Gasteiger partial charge in [0.1, 0.15) is 23.8 Å². The quantitative estimate of drug-likeness (QED) is 0.189. The maximum absolute atomic E-state index is 6.70. The highest BCUT2D eigenvalue weighted by atomic mass is 16.3. The maximum Gasteiger partial charge on any atom is 0.213 e. The lowest BCUT2D eigenvalue weighted by atomic mass is 9.98. The summed E-state index contributed by atoms with van der Waals surface area (Å²) in [5.41, 5.74) is 10.6. The monoisotopic (exact) mass is 644 g/mol. The molecule has 11 rings (SSSR count). The van der Waals surface area contributed by atoms with Crippen LogP contribution < -0.4 is 0 Å². The van der Waals surface area contributed by atoms with Gasteiger partial charge in [0.2, 0.25) is 11.4 Å². The lowest BCUT2D eigenvalue weighted by molar-refractivity contribution is 0.644. The molecule has 0 aliphatic carbocycles. The molecule has 0 spiro atoms. The van der Waals surface area contributed by atoms with Gasteiger partial charge in [0.15, 0.2) is 0 Å². The van der Waals surface area contributed by atoms with Crippen molar-refractivity contribution in [2.45, 2.75) is 0 Å². The fraction of sp³-hybridized carbons (Fsp3) is 0. The molecule has 50 heavy (non-hydrogen) atoms. The van der Waals surface area contributed by atoms with Gasteiger partial charge in [-0.1, -0.05) is 72.8 Å². The Morgan fingerprint density at radius 3 is 1.24 bits per heavy atom. The van der Waals surface area contributed by atoms with Crippen molar-refractivity contribution < 1.29 is 8.83 Å². The average molecular weight is 645 g/mol. The second kappa shape index (κ2) is 10.2. The van der Waals surface area contributed by atoms with E-state index >= 15 is 0 Å². The van der Waals surface area contributed by atoms with Crippen molar-refractivity contribution in [3.63, 3.8) is 0 Å². The number of hydrogen-bond donors (Lipinski definition) is 0. The normalized spacial score (nSPS) is 12.0. The van der Waals surface area contributed by atoms with Gasteiger partial charge in [-0.3, -0.25) is 9.13 Å². The smallest absolute Gasteiger partial charge is 0.213 e. The fourth-order valence-corrected chi connectivity index (χ4v) is 7.64. The molecule has 5 aromatic carbocycles. The summed E-state index contributed by atoms with van der Waals surface area (Å²) in [5.74, 6) is 0. The molecule has 0 aliphatic heterocycles. The summed E-state index contributed by atoms with van der Waals surface area (Å²) in [6.45, 7) is 0. The van der Waals surface area contributed by atoms with E-state index in [-0.39, 0.29) is 0 Å². The number of rotatable bonds is 4. The Kier molecular flexibility index (Phi) is 5.51. The zero-order valence-electron chi connectivity index (χ0n) is 26.4. The van der Waals surface area contributed by atoms with E-state index in [1.165, 1.54) is 0 Å². The van der Waals surface area contributed by atoms with Crippen molar-refractivity contribution in [2.75, 3.05) is 0 Å². The Bertz CT molecular complexity index is 2890. The third-order valence-electron chi connectivity index (χ3n) is 9.73. The average Bonchev–Trinajstić information content (AvgIpc) is 3.91. The molecule has 0 fully saturated rings. The van der Waals surface area contributed by atoms with Gasteiger partial charge in [-0.05, 0) is 36.4 Å². The van der Waals surface area contributed by atoms with Crippen LogP contribution in [0.4, 0.5) is 0 Å². The molecule has 0 saturated carbocycles. The molecule has 0 unspecified atom stereocenters. The number of nitrogens with zero attached hydrogens (tertiary/aromatic N) is 6. The summed E-state index contributed by atoms with van der Waals surface area (Å²) in [5, 5.41) is 6.50. The Morgan fingerprint density at radius 1 is 0.420 bits per heavy atom. The molecule has 8 heteroatoms. The van der Waals surface area contributed by atoms with E-state index in [4.69, 9.17) is 8.83 Å². The van der Waals surface area contributed by atoms with Gasteiger partial charge in [-0.15, -0.1) is 0 Å². The van der Waals surface area contributed by atoms with Crippen LogP contribution in [0.2, 0.25) is 0 Å². The lowest BCUT2D eigenvalue weighted by Crippen LogP contribution is -2.04. The molecule has 0 aliphatic rings. The molecule has 0 amide bonds. The first-order valence-electron chi connectivity index (χ1n) is 16.3. The fourth-order valence-electron chi connectivity index (χ4n) is 7.64. The van der Waals surface area contributed by atoms with Crippen LogP contribution in [0.5, 0.6) is 0 Å². The van der Waals surface area contributed by atoms with Gasteiger partial charge in [0.25, 0.3) is 0 Å². The first-order chi connectivity index (χ1) is 24.8. The SMILES string of the molecule is c1ccc2c(c1)oc1c2c2ccccc2n1-c1cc(-c2cncnc2)c(-n2c3ccccc3c3c4ccccc4oc32)cc1-c1cncnc1. The van der Waals surface area contributed by atoms with E-state index in [0.717, 1.165) is 99.6 Å². The number of furan rings is 2. The summed E-state index contributed by atoms with van der Waals surface area (Å²) >= 11 is 0. The van der Waals surface area contributed by atoms with E-state index in [9.17, 15) is 0 Å². The highest BCUT2D eigenvalue weighted by Gasteiger charge is 2.26. The summed E-state index contributed by atoms with van der Waals surface area (Å²) in [6, 6.07) is 37.7. The summed E-state index contributed by atoms with van der Waals surface area (Å²) < 4.78 is 17.8. The molecule has 0 bridgehead atoms. The zero-order chi connectivity index (χ0) is 32.8. The van der Waals surface area contributed by atoms with Crippen molar-refractivity contribution in [1.82, 2.24) is 29.1 Å². The van der Waals surface area contributed by atoms with Crippen molar-refractivity contribution in [2.24, 2.45) is 0 Å². The third-order valence-corrected chi connectivity index (χ3v) is 9.73. The van der Waals surface area contributed by atoms with Crippen LogP contribution in [0.15, 0.2) is 155 Å². The van der Waals surface area contributed by atoms with Crippen molar-refractivity contribution in [3.8, 4) is 33.6 Å². The van der Waals surface area contributed by atoms with Crippen LogP contribution in [0.3, 0.4) is 0 Å². The molecule has 0 radical (unpaired) electrons. The predicted molar refractivity (Wildman–Crippen MR) is 197 cm³/mol. The van der Waals surface area contributed by atoms with Crippen LogP contribution in [0.25, 0.3) is 99.6 Å². The van der Waals surface area contributed by atoms with Crippen LogP contribution in [-0.2, 0) is 0 Å². The molecule has 6 heterocycles. The van der Waals surface area contributed by atoms with E-state index in [2.05, 4.69) is 114 Å². The third kappa shape index (κ3) is 3.70. The number of aromatic nitrogens is 6. The number of benzene rings is 5. The van der Waals surface area contributed by atoms with E-state index in [1.807, 2.05) is 49.1 Å². The van der Waals surface area contributed by atoms with E-state index in [0.29, 0.717) is 0 Å². The van der Waals surface area contributed by atoms with Gasteiger partial charge in [0.05, 0.1) is 33.2 Å². The number of fused-ring (bicyclic) bond motifs is 10. The topological polar surface area (TPSA) is 87.7 Å². The molecule has 234 valence electrons. The molecule has 11 aromatic rings. The zero-order valence-corrected chi connectivity index (χ0v) is 26.4. The lowest BCUT2D eigenvalue weighted by Gasteiger charge is -2.19. The first kappa shape index (κ1) is 26.9. The van der Waals surface area contributed by atoms with Crippen LogP contribution in [0, 0.1) is 0 Å². The Labute approximate surface area is 283 Å². The van der Waals surface area contributed by atoms with Crippen molar-refractivity contribution in [3.05, 3.63) is 147 Å². The van der Waals surface area contributed by atoms with Gasteiger partial charge in [0, 0.05) is 68.6 Å². The van der Waals surface area contributed by atoms with Crippen molar-refractivity contribution >= 4 is 65.9 Å². The first-order valence-corrected chi connectivity index (χ1v) is 16.3. The van der Waals surface area contributed by atoms with Gasteiger partial charge in [-0.2, -0.15) is 0 Å². The summed E-state index contributed by atoms with van der Waals surface area (Å²) in [6.07, 6.45) is 10.5. The minimum Gasteiger partial charge on any atom is -0.439 e. The van der Waals surface area contributed by atoms with Crippen LogP contribution in [-0.4, -0.2) is 29.1 Å². The molecule has 0 N–H and O–H groups in total. The molecular formula is C42H24N6O2. The van der Waals surface area contributed by atoms with Crippen molar-refractivity contribution in [1.29, 1.82) is 0 Å². The highest BCUT2D eigenvalue weighted by Crippen LogP contribution is 2.46. The highest BCUT2D eigenvalue weighted by molar-refractivity contribution is 6.21. The second-order valence-corrected chi connectivity index (χ2v) is 12.4. The summed E-state index contributed by atoms with van der Waals surface area (Å²) in [4.78, 5) is 17.8. The Morgan fingerprint density at radius 2 is 0.800 bits per heavy atom. The van der Waals surface area contributed by atoms with Crippen LogP contribution >= 0.6 is 0 Å². The maximum atomic E-state index is 6.70. The molecule has 6 aromatic heterocycles. The molecule has 0 saturated heterocycles. The molecule has 8 nitrogen and oxygen atoms in total. The summed E-state index contributed by atoms with van der Waals surface area (Å²) in [7, 11) is 0. The minimum absolute atomic E-state index is 0.764. The predicted octanol–water partition coefficient (Wildman–Crippen LogP) is 10.3. The van der Waals surface area contributed by atoms with Gasteiger partial charge in [-0.25, -0.2) is 19.9 Å². The van der Waals surface area contributed by atoms with Gasteiger partial charge >= 0.3 is 0 Å². The van der Waals surface area contributed by atoms with Crippen LogP contribution in [0.1, 0.15) is 0 Å². The van der Waals surface area contributed by atoms with E-state index < -0.39 is 0 Å². The number of hydrogen-bond acceptors (Lipinski definition) is 6.